The molecule has 1 fully saturated rings. The minimum absolute atomic E-state index is 0.300. The van der Waals surface area contributed by atoms with E-state index in [0.717, 1.165) is 55.5 Å². The first-order chi connectivity index (χ1) is 12.2. The van der Waals surface area contributed by atoms with Crippen LogP contribution in [0.4, 0.5) is 0 Å². The Balaban J connectivity index is 1.58. The van der Waals surface area contributed by atoms with E-state index in [1.165, 1.54) is 18.5 Å². The van der Waals surface area contributed by atoms with Gasteiger partial charge in [-0.15, -0.1) is 0 Å². The lowest BCUT2D eigenvalue weighted by Crippen LogP contribution is -2.31. The molecular weight excluding hydrogens is 318 g/mol. The quantitative estimate of drug-likeness (QED) is 0.813. The number of H-pyrrole nitrogens is 1. The Labute approximate surface area is 147 Å². The lowest BCUT2D eigenvalue weighted by atomic mass is 10.0. The van der Waals surface area contributed by atoms with Gasteiger partial charge in [-0.2, -0.15) is 5.10 Å². The molecule has 2 aromatic rings. The van der Waals surface area contributed by atoms with E-state index in [1.54, 1.807) is 6.33 Å². The van der Waals surface area contributed by atoms with Gasteiger partial charge < -0.3 is 9.72 Å². The van der Waals surface area contributed by atoms with Crippen molar-refractivity contribution in [1.82, 2.24) is 24.6 Å². The van der Waals surface area contributed by atoms with E-state index in [9.17, 15) is 4.79 Å². The van der Waals surface area contributed by atoms with E-state index in [2.05, 4.69) is 24.6 Å². The fourth-order valence-corrected chi connectivity index (χ4v) is 3.50. The highest BCUT2D eigenvalue weighted by Crippen LogP contribution is 2.33. The molecule has 2 aliphatic rings. The topological polar surface area (TPSA) is 76.0 Å². The highest BCUT2D eigenvalue weighted by Gasteiger charge is 2.31. The van der Waals surface area contributed by atoms with E-state index >= 15 is 0 Å². The Kier molecular flexibility index (Phi) is 4.33. The molecular formula is C18H25N5O2. The third-order valence-electron chi connectivity index (χ3n) is 5.12. The highest BCUT2D eigenvalue weighted by atomic mass is 16.5. The number of hydrogen-bond acceptors (Lipinski definition) is 5. The van der Waals surface area contributed by atoms with Crippen LogP contribution in [0, 0.1) is 12.8 Å². The second-order valence-electron chi connectivity index (χ2n) is 7.05. The standard InChI is InChI=1S/C18H25N5O2/c1-3-25-18(24)17-14-9-22(10-15-12(2)19-11-20-15)7-6-16(14)23(21-17)8-13-4-5-13/h11,13H,3-10H2,1-2H3,(H,19,20). The van der Waals surface area contributed by atoms with Crippen LogP contribution < -0.4 is 0 Å². The lowest BCUT2D eigenvalue weighted by molar-refractivity contribution is 0.0515. The maximum Gasteiger partial charge on any atom is 0.359 e. The highest BCUT2D eigenvalue weighted by molar-refractivity contribution is 5.89. The fraction of sp³-hybridized carbons (Fsp3) is 0.611. The normalized spacial score (nSPS) is 17.5. The molecule has 1 saturated carbocycles. The van der Waals surface area contributed by atoms with Crippen LogP contribution in [0.3, 0.4) is 0 Å². The van der Waals surface area contributed by atoms with E-state index in [1.807, 2.05) is 13.8 Å². The van der Waals surface area contributed by atoms with Crippen molar-refractivity contribution in [2.75, 3.05) is 13.2 Å². The number of fused-ring (bicyclic) bond motifs is 1. The number of carbonyl (C=O) groups is 1. The van der Waals surface area contributed by atoms with Gasteiger partial charge in [-0.1, -0.05) is 0 Å². The molecule has 7 nitrogen and oxygen atoms in total. The van der Waals surface area contributed by atoms with E-state index < -0.39 is 0 Å². The monoisotopic (exact) mass is 343 g/mol. The Hall–Kier alpha value is -2.15. The Morgan fingerprint density at radius 3 is 2.96 bits per heavy atom. The molecule has 2 aromatic heterocycles. The summed E-state index contributed by atoms with van der Waals surface area (Å²) in [6, 6.07) is 0. The van der Waals surface area contributed by atoms with Crippen molar-refractivity contribution >= 4 is 5.97 Å². The van der Waals surface area contributed by atoms with E-state index in [0.29, 0.717) is 12.3 Å². The lowest BCUT2D eigenvalue weighted by Gasteiger charge is -2.27. The van der Waals surface area contributed by atoms with E-state index in [4.69, 9.17) is 4.74 Å². The van der Waals surface area contributed by atoms with E-state index in [-0.39, 0.29) is 5.97 Å². The maximum absolute atomic E-state index is 12.4. The zero-order chi connectivity index (χ0) is 17.4. The predicted molar refractivity (Wildman–Crippen MR) is 92.1 cm³/mol. The molecule has 0 unspecified atom stereocenters. The van der Waals surface area contributed by atoms with Gasteiger partial charge in [0.15, 0.2) is 5.69 Å². The van der Waals surface area contributed by atoms with Gasteiger partial charge in [-0.25, -0.2) is 9.78 Å². The Morgan fingerprint density at radius 2 is 2.28 bits per heavy atom. The summed E-state index contributed by atoms with van der Waals surface area (Å²) >= 11 is 0. The third-order valence-corrected chi connectivity index (χ3v) is 5.12. The molecule has 7 heteroatoms. The van der Waals surface area contributed by atoms with Gasteiger partial charge in [-0.05, 0) is 32.6 Å². The summed E-state index contributed by atoms with van der Waals surface area (Å²) in [5.41, 5.74) is 4.91. The number of ether oxygens (including phenoxy) is 1. The summed E-state index contributed by atoms with van der Waals surface area (Å²) in [4.78, 5) is 22.2. The number of imidazole rings is 1. The number of hydrogen-bond donors (Lipinski definition) is 1. The molecule has 0 spiro atoms. The Morgan fingerprint density at radius 1 is 1.44 bits per heavy atom. The zero-order valence-corrected chi connectivity index (χ0v) is 14.9. The van der Waals surface area contributed by atoms with Crippen LogP contribution in [0.2, 0.25) is 0 Å². The number of aryl methyl sites for hydroxylation is 1. The molecule has 0 bridgehead atoms. The molecule has 1 aliphatic carbocycles. The second-order valence-corrected chi connectivity index (χ2v) is 7.05. The molecule has 25 heavy (non-hydrogen) atoms. The van der Waals surface area contributed by atoms with Crippen LogP contribution in [0.5, 0.6) is 0 Å². The third kappa shape index (κ3) is 3.33. The van der Waals surface area contributed by atoms with Gasteiger partial charge >= 0.3 is 5.97 Å². The molecule has 0 aromatic carbocycles. The van der Waals surface area contributed by atoms with Crippen molar-refractivity contribution in [3.8, 4) is 0 Å². The van der Waals surface area contributed by atoms with Gasteiger partial charge in [-0.3, -0.25) is 9.58 Å². The molecule has 0 radical (unpaired) electrons. The molecule has 0 saturated heterocycles. The summed E-state index contributed by atoms with van der Waals surface area (Å²) in [6.45, 7) is 7.64. The van der Waals surface area contributed by atoms with Crippen molar-refractivity contribution in [1.29, 1.82) is 0 Å². The van der Waals surface area contributed by atoms with Crippen LogP contribution in [-0.4, -0.2) is 43.8 Å². The molecule has 134 valence electrons. The number of aromatic amines is 1. The number of carbonyl (C=O) groups excluding carboxylic acids is 1. The zero-order valence-electron chi connectivity index (χ0n) is 14.9. The number of nitrogens with one attached hydrogen (secondary N) is 1. The summed E-state index contributed by atoms with van der Waals surface area (Å²) in [6.07, 6.45) is 5.19. The smallest absolute Gasteiger partial charge is 0.359 e. The van der Waals surface area contributed by atoms with Crippen LogP contribution in [-0.2, 0) is 30.8 Å². The average Bonchev–Trinajstić information content (AvgIpc) is 3.22. The van der Waals surface area contributed by atoms with Crippen molar-refractivity contribution < 1.29 is 9.53 Å². The van der Waals surface area contributed by atoms with Crippen LogP contribution >= 0.6 is 0 Å². The number of esters is 1. The molecule has 1 N–H and O–H groups in total. The SMILES string of the molecule is CCOC(=O)c1nn(CC2CC2)c2c1CN(Cc1nc[nH]c1C)CC2. The maximum atomic E-state index is 12.4. The largest absolute Gasteiger partial charge is 0.461 e. The van der Waals surface area contributed by atoms with Crippen LogP contribution in [0.25, 0.3) is 0 Å². The molecule has 3 heterocycles. The van der Waals surface area contributed by atoms with Gasteiger partial charge in [0.05, 0.1) is 18.6 Å². The first-order valence-electron chi connectivity index (χ1n) is 9.12. The number of nitrogens with zero attached hydrogens (tertiary/aromatic N) is 4. The summed E-state index contributed by atoms with van der Waals surface area (Å²) in [7, 11) is 0. The van der Waals surface area contributed by atoms with Crippen LogP contribution in [0.15, 0.2) is 6.33 Å². The predicted octanol–water partition coefficient (Wildman–Crippen LogP) is 2.06. The van der Waals surface area contributed by atoms with Crippen molar-refractivity contribution in [2.24, 2.45) is 5.92 Å². The molecule has 0 atom stereocenters. The van der Waals surface area contributed by atoms with Crippen molar-refractivity contribution in [3.63, 3.8) is 0 Å². The van der Waals surface area contributed by atoms with Crippen molar-refractivity contribution in [3.05, 3.63) is 34.7 Å². The van der Waals surface area contributed by atoms with Crippen molar-refractivity contribution in [2.45, 2.75) is 52.7 Å². The van der Waals surface area contributed by atoms with Gasteiger partial charge in [0, 0.05) is 49.6 Å². The molecule has 0 amide bonds. The number of rotatable bonds is 6. The summed E-state index contributed by atoms with van der Waals surface area (Å²) < 4.78 is 7.30. The molecule has 4 rings (SSSR count). The fourth-order valence-electron chi connectivity index (χ4n) is 3.50. The first kappa shape index (κ1) is 16.3. The van der Waals surface area contributed by atoms with Gasteiger partial charge in [0.2, 0.25) is 0 Å². The number of aromatic nitrogens is 4. The summed E-state index contributed by atoms with van der Waals surface area (Å²) in [5.74, 6) is 0.426. The molecule has 1 aliphatic heterocycles. The second kappa shape index (κ2) is 6.63. The minimum atomic E-state index is -0.300. The van der Waals surface area contributed by atoms with Crippen LogP contribution in [0.1, 0.15) is 52.9 Å². The minimum Gasteiger partial charge on any atom is -0.461 e. The van der Waals surface area contributed by atoms with Gasteiger partial charge in [0.1, 0.15) is 0 Å². The summed E-state index contributed by atoms with van der Waals surface area (Å²) in [5, 5.41) is 4.63. The Bertz CT molecular complexity index is 775. The van der Waals surface area contributed by atoms with Gasteiger partial charge in [0.25, 0.3) is 0 Å². The first-order valence-corrected chi connectivity index (χ1v) is 9.12. The average molecular weight is 343 g/mol.